The Kier molecular flexibility index (Phi) is 11.0. The summed E-state index contributed by atoms with van der Waals surface area (Å²) in [5.41, 5.74) is 0. The van der Waals surface area contributed by atoms with Crippen molar-refractivity contribution in [3.63, 3.8) is 0 Å². The molecule has 0 spiro atoms. The third kappa shape index (κ3) is 11.5. The van der Waals surface area contributed by atoms with Gasteiger partial charge in [-0.2, -0.15) is 0 Å². The zero-order valence-corrected chi connectivity index (χ0v) is 9.26. The van der Waals surface area contributed by atoms with E-state index in [1.54, 1.807) is 0 Å². The van der Waals surface area contributed by atoms with Crippen LogP contribution >= 0.6 is 0 Å². The zero-order valence-electron chi connectivity index (χ0n) is 9.26. The van der Waals surface area contributed by atoms with Crippen molar-refractivity contribution in [3.8, 4) is 0 Å². The van der Waals surface area contributed by atoms with E-state index in [2.05, 4.69) is 38.2 Å². The Labute approximate surface area is 83.7 Å². The van der Waals surface area contributed by atoms with Crippen LogP contribution in [-0.2, 0) is 0 Å². The summed E-state index contributed by atoms with van der Waals surface area (Å²) >= 11 is 0. The standard InChI is InChI=1S/C13H24/c1-3-5-7-9-11-13-12-10-8-6-4-2/h3,5,11,13H,4,6-10,12H2,1-2H3. The van der Waals surface area contributed by atoms with Crippen LogP contribution in [0.25, 0.3) is 0 Å². The normalized spacial score (nSPS) is 11.8. The van der Waals surface area contributed by atoms with Crippen LogP contribution in [0.15, 0.2) is 24.3 Å². The van der Waals surface area contributed by atoms with Gasteiger partial charge in [0, 0.05) is 0 Å². The summed E-state index contributed by atoms with van der Waals surface area (Å²) in [6.45, 7) is 4.33. The van der Waals surface area contributed by atoms with Crippen molar-refractivity contribution in [1.82, 2.24) is 0 Å². The zero-order chi connectivity index (χ0) is 9.78. The van der Waals surface area contributed by atoms with Gasteiger partial charge >= 0.3 is 0 Å². The molecule has 0 unspecified atom stereocenters. The van der Waals surface area contributed by atoms with Crippen molar-refractivity contribution in [2.75, 3.05) is 0 Å². The third-order valence-corrected chi connectivity index (χ3v) is 2.13. The van der Waals surface area contributed by atoms with Crippen LogP contribution in [-0.4, -0.2) is 0 Å². The molecular weight excluding hydrogens is 156 g/mol. The molecule has 0 heteroatoms. The molecule has 13 heavy (non-hydrogen) atoms. The Morgan fingerprint density at radius 1 is 0.769 bits per heavy atom. The lowest BCUT2D eigenvalue weighted by molar-refractivity contribution is 0.674. The minimum atomic E-state index is 1.20. The van der Waals surface area contributed by atoms with E-state index in [4.69, 9.17) is 0 Å². The highest BCUT2D eigenvalue weighted by atomic mass is 13.9. The molecule has 0 bridgehead atoms. The van der Waals surface area contributed by atoms with Gasteiger partial charge in [0.05, 0.1) is 0 Å². The molecule has 0 fully saturated rings. The molecule has 0 saturated heterocycles. The van der Waals surface area contributed by atoms with Crippen molar-refractivity contribution in [2.45, 2.75) is 58.8 Å². The molecule has 0 aromatic rings. The monoisotopic (exact) mass is 180 g/mol. The molecule has 0 heterocycles. The smallest absolute Gasteiger partial charge is 0.0316 e. The van der Waals surface area contributed by atoms with E-state index in [0.29, 0.717) is 0 Å². The summed E-state index contributed by atoms with van der Waals surface area (Å²) in [5.74, 6) is 0. The number of hydrogen-bond acceptors (Lipinski definition) is 0. The van der Waals surface area contributed by atoms with Crippen molar-refractivity contribution in [3.05, 3.63) is 24.3 Å². The van der Waals surface area contributed by atoms with E-state index in [0.717, 1.165) is 0 Å². The van der Waals surface area contributed by atoms with Gasteiger partial charge in [-0.15, -0.1) is 0 Å². The largest absolute Gasteiger partial charge is 0.0917 e. The van der Waals surface area contributed by atoms with Crippen LogP contribution in [0.4, 0.5) is 0 Å². The van der Waals surface area contributed by atoms with Crippen LogP contribution in [0.5, 0.6) is 0 Å². The topological polar surface area (TPSA) is 0 Å². The second kappa shape index (κ2) is 11.5. The highest BCUT2D eigenvalue weighted by Crippen LogP contribution is 2.03. The minimum Gasteiger partial charge on any atom is -0.0917 e. The first-order valence-electron chi connectivity index (χ1n) is 5.68. The molecule has 0 aromatic carbocycles. The molecule has 0 rings (SSSR count). The number of hydrogen-bond donors (Lipinski definition) is 0. The van der Waals surface area contributed by atoms with E-state index in [1.165, 1.54) is 44.9 Å². The van der Waals surface area contributed by atoms with Crippen LogP contribution in [0.2, 0.25) is 0 Å². The van der Waals surface area contributed by atoms with Gasteiger partial charge in [0.25, 0.3) is 0 Å². The Morgan fingerprint density at radius 2 is 1.46 bits per heavy atom. The van der Waals surface area contributed by atoms with Crippen LogP contribution < -0.4 is 0 Å². The molecule has 0 aromatic heterocycles. The second-order valence-corrected chi connectivity index (χ2v) is 3.47. The summed E-state index contributed by atoms with van der Waals surface area (Å²) in [6.07, 6.45) is 18.2. The molecular formula is C13H24. The SMILES string of the molecule is CC=CCCC=CCCCCCC. The lowest BCUT2D eigenvalue weighted by Crippen LogP contribution is -1.73. The first-order chi connectivity index (χ1) is 6.41. The van der Waals surface area contributed by atoms with Gasteiger partial charge in [0.1, 0.15) is 0 Å². The maximum atomic E-state index is 2.33. The molecule has 0 amide bonds. The molecule has 0 aliphatic rings. The van der Waals surface area contributed by atoms with E-state index in [9.17, 15) is 0 Å². The second-order valence-electron chi connectivity index (χ2n) is 3.47. The summed E-state index contributed by atoms with van der Waals surface area (Å²) in [5, 5.41) is 0. The summed E-state index contributed by atoms with van der Waals surface area (Å²) in [6, 6.07) is 0. The van der Waals surface area contributed by atoms with E-state index in [1.807, 2.05) is 0 Å². The van der Waals surface area contributed by atoms with Crippen LogP contribution in [0.1, 0.15) is 58.8 Å². The summed E-state index contributed by atoms with van der Waals surface area (Å²) in [4.78, 5) is 0. The third-order valence-electron chi connectivity index (χ3n) is 2.13. The van der Waals surface area contributed by atoms with E-state index >= 15 is 0 Å². The first-order valence-corrected chi connectivity index (χ1v) is 5.68. The Bertz CT molecular complexity index is 131. The molecule has 0 N–H and O–H groups in total. The highest BCUT2D eigenvalue weighted by molar-refractivity contribution is 4.86. The predicted molar refractivity (Wildman–Crippen MR) is 61.9 cm³/mol. The summed E-state index contributed by atoms with van der Waals surface area (Å²) < 4.78 is 0. The molecule has 0 atom stereocenters. The molecule has 0 aliphatic carbocycles. The van der Waals surface area contributed by atoms with Gasteiger partial charge < -0.3 is 0 Å². The van der Waals surface area contributed by atoms with Gasteiger partial charge in [-0.1, -0.05) is 50.5 Å². The van der Waals surface area contributed by atoms with Crippen LogP contribution in [0, 0.1) is 0 Å². The molecule has 0 radical (unpaired) electrons. The average molecular weight is 180 g/mol. The van der Waals surface area contributed by atoms with E-state index in [-0.39, 0.29) is 0 Å². The molecule has 76 valence electrons. The maximum absolute atomic E-state index is 2.33. The number of unbranched alkanes of at least 4 members (excludes halogenated alkanes) is 5. The quantitative estimate of drug-likeness (QED) is 0.369. The van der Waals surface area contributed by atoms with Crippen molar-refractivity contribution in [2.24, 2.45) is 0 Å². The van der Waals surface area contributed by atoms with Crippen molar-refractivity contribution >= 4 is 0 Å². The Balaban J connectivity index is 3.03. The van der Waals surface area contributed by atoms with Crippen LogP contribution in [0.3, 0.4) is 0 Å². The lowest BCUT2D eigenvalue weighted by Gasteiger charge is -1.93. The van der Waals surface area contributed by atoms with Gasteiger partial charge in [-0.3, -0.25) is 0 Å². The fourth-order valence-corrected chi connectivity index (χ4v) is 1.28. The van der Waals surface area contributed by atoms with Gasteiger partial charge in [0.2, 0.25) is 0 Å². The predicted octanol–water partition coefficient (Wildman–Crippen LogP) is 4.87. The Morgan fingerprint density at radius 3 is 2.15 bits per heavy atom. The Hall–Kier alpha value is -0.520. The van der Waals surface area contributed by atoms with Gasteiger partial charge in [-0.25, -0.2) is 0 Å². The maximum Gasteiger partial charge on any atom is -0.0316 e. The highest BCUT2D eigenvalue weighted by Gasteiger charge is 1.83. The number of rotatable bonds is 8. The first kappa shape index (κ1) is 12.5. The van der Waals surface area contributed by atoms with Gasteiger partial charge in [-0.05, 0) is 32.6 Å². The van der Waals surface area contributed by atoms with E-state index < -0.39 is 0 Å². The molecule has 0 nitrogen and oxygen atoms in total. The average Bonchev–Trinajstić information content (AvgIpc) is 2.16. The van der Waals surface area contributed by atoms with Gasteiger partial charge in [0.15, 0.2) is 0 Å². The fourth-order valence-electron chi connectivity index (χ4n) is 1.28. The van der Waals surface area contributed by atoms with Crippen molar-refractivity contribution in [1.29, 1.82) is 0 Å². The summed E-state index contributed by atoms with van der Waals surface area (Å²) in [7, 11) is 0. The fraction of sp³-hybridized carbons (Fsp3) is 0.692. The minimum absolute atomic E-state index is 1.20. The lowest BCUT2D eigenvalue weighted by atomic mass is 10.1. The number of allylic oxidation sites excluding steroid dienone is 4. The molecule has 0 aliphatic heterocycles. The molecule has 0 saturated carbocycles. The van der Waals surface area contributed by atoms with Crippen molar-refractivity contribution < 1.29 is 0 Å².